The number of thioether (sulfide) groups is 1. The summed E-state index contributed by atoms with van der Waals surface area (Å²) in [5, 5.41) is 25.3. The molecule has 0 heterocycles. The van der Waals surface area contributed by atoms with Gasteiger partial charge in [0.25, 0.3) is 0 Å². The minimum absolute atomic E-state index is 0.00377. The summed E-state index contributed by atoms with van der Waals surface area (Å²) in [6.07, 6.45) is 1.87. The van der Waals surface area contributed by atoms with Crippen molar-refractivity contribution in [2.24, 2.45) is 11.5 Å². The summed E-state index contributed by atoms with van der Waals surface area (Å²) in [7, 11) is 0. The lowest BCUT2D eigenvalue weighted by Gasteiger charge is -2.22. The predicted molar refractivity (Wildman–Crippen MR) is 106 cm³/mol. The Kier molecular flexibility index (Phi) is 12.6. The van der Waals surface area contributed by atoms with E-state index in [0.29, 0.717) is 5.75 Å². The maximum atomic E-state index is 12.2. The summed E-state index contributed by atoms with van der Waals surface area (Å²) in [5.41, 5.74) is 10.6. The molecule has 0 aromatic rings. The number of rotatable bonds is 14. The Morgan fingerprint density at radius 3 is 2.03 bits per heavy atom. The van der Waals surface area contributed by atoms with Gasteiger partial charge in [0.1, 0.15) is 18.1 Å². The molecular weight excluding hydrogens is 406 g/mol. The Hall–Kier alpha value is -2.38. The average molecular weight is 436 g/mol. The fourth-order valence-electron chi connectivity index (χ4n) is 2.07. The Morgan fingerprint density at radius 2 is 1.55 bits per heavy atom. The normalized spacial score (nSPS) is 14.8. The van der Waals surface area contributed by atoms with Crippen molar-refractivity contribution in [3.63, 3.8) is 0 Å². The van der Waals surface area contributed by atoms with Gasteiger partial charge < -0.3 is 37.6 Å². The standard InChI is InChI=1S/C16H29N5O7S/c1-8(19-14(25)9(17)3-4-12(18)23)13(24)21-11(7-22)15(26)20-10(16(27)28)5-6-29-2/h8-11,22H,3-7,17H2,1-2H3,(H2,18,23)(H,19,25)(H,20,26)(H,21,24)(H,27,28). The number of nitrogens with one attached hydrogen (secondary N) is 3. The minimum atomic E-state index is -1.40. The molecule has 166 valence electrons. The first-order valence-electron chi connectivity index (χ1n) is 8.81. The van der Waals surface area contributed by atoms with Gasteiger partial charge in [-0.05, 0) is 31.8 Å². The van der Waals surface area contributed by atoms with Crippen LogP contribution in [-0.2, 0) is 24.0 Å². The Bertz CT molecular complexity index is 604. The van der Waals surface area contributed by atoms with Crippen molar-refractivity contribution >= 4 is 41.4 Å². The SMILES string of the molecule is CSCCC(NC(=O)C(CO)NC(=O)C(C)NC(=O)C(N)CCC(N)=O)C(=O)O. The molecule has 0 saturated heterocycles. The largest absolute Gasteiger partial charge is 0.480 e. The first-order valence-corrected chi connectivity index (χ1v) is 10.2. The zero-order valence-electron chi connectivity index (χ0n) is 16.3. The lowest BCUT2D eigenvalue weighted by molar-refractivity contribution is -0.142. The van der Waals surface area contributed by atoms with Crippen LogP contribution in [0.4, 0.5) is 0 Å². The van der Waals surface area contributed by atoms with Gasteiger partial charge in [0.15, 0.2) is 0 Å². The van der Waals surface area contributed by atoms with E-state index in [9.17, 15) is 29.1 Å². The zero-order chi connectivity index (χ0) is 22.6. The maximum Gasteiger partial charge on any atom is 0.326 e. The van der Waals surface area contributed by atoms with Crippen LogP contribution in [-0.4, -0.2) is 82.6 Å². The number of carbonyl (C=O) groups excluding carboxylic acids is 4. The summed E-state index contributed by atoms with van der Waals surface area (Å²) in [6.45, 7) is 0.560. The molecule has 9 N–H and O–H groups in total. The summed E-state index contributed by atoms with van der Waals surface area (Å²) >= 11 is 1.41. The third kappa shape index (κ3) is 10.7. The van der Waals surface area contributed by atoms with Crippen molar-refractivity contribution < 1.29 is 34.2 Å². The second-order valence-corrected chi connectivity index (χ2v) is 7.25. The average Bonchev–Trinajstić information content (AvgIpc) is 2.66. The van der Waals surface area contributed by atoms with Crippen LogP contribution in [0.15, 0.2) is 0 Å². The molecule has 0 aromatic heterocycles. The number of carboxylic acid groups (broad SMARTS) is 1. The van der Waals surface area contributed by atoms with E-state index >= 15 is 0 Å². The van der Waals surface area contributed by atoms with Crippen LogP contribution in [0, 0.1) is 0 Å². The first kappa shape index (κ1) is 26.6. The highest BCUT2D eigenvalue weighted by Crippen LogP contribution is 2.02. The molecule has 4 unspecified atom stereocenters. The molecule has 4 atom stereocenters. The number of hydrogen-bond acceptors (Lipinski definition) is 8. The predicted octanol–water partition coefficient (Wildman–Crippen LogP) is -3.12. The molecule has 13 heteroatoms. The molecule has 12 nitrogen and oxygen atoms in total. The summed E-state index contributed by atoms with van der Waals surface area (Å²) in [6, 6.07) is -4.72. The van der Waals surface area contributed by atoms with Gasteiger partial charge in [-0.15, -0.1) is 0 Å². The zero-order valence-corrected chi connectivity index (χ0v) is 17.2. The number of carboxylic acids is 1. The number of amides is 4. The Labute approximate surface area is 172 Å². The molecule has 0 radical (unpaired) electrons. The van der Waals surface area contributed by atoms with Gasteiger partial charge in [0.05, 0.1) is 12.6 Å². The van der Waals surface area contributed by atoms with E-state index in [2.05, 4.69) is 16.0 Å². The number of aliphatic carboxylic acids is 1. The summed E-state index contributed by atoms with van der Waals surface area (Å²) < 4.78 is 0. The van der Waals surface area contributed by atoms with Crippen molar-refractivity contribution in [2.45, 2.75) is 50.4 Å². The second-order valence-electron chi connectivity index (χ2n) is 6.27. The third-order valence-electron chi connectivity index (χ3n) is 3.83. The van der Waals surface area contributed by atoms with Crippen molar-refractivity contribution in [2.75, 3.05) is 18.6 Å². The van der Waals surface area contributed by atoms with Gasteiger partial charge in [-0.3, -0.25) is 19.2 Å². The van der Waals surface area contributed by atoms with Gasteiger partial charge in [0.2, 0.25) is 23.6 Å². The molecular formula is C16H29N5O7S. The molecule has 29 heavy (non-hydrogen) atoms. The number of carbonyl (C=O) groups is 5. The smallest absolute Gasteiger partial charge is 0.326 e. The molecule has 0 rings (SSSR count). The molecule has 0 bridgehead atoms. The highest BCUT2D eigenvalue weighted by Gasteiger charge is 2.28. The van der Waals surface area contributed by atoms with E-state index in [1.165, 1.54) is 18.7 Å². The monoisotopic (exact) mass is 435 g/mol. The molecule has 4 amide bonds. The van der Waals surface area contributed by atoms with Crippen LogP contribution in [0.1, 0.15) is 26.2 Å². The highest BCUT2D eigenvalue weighted by atomic mass is 32.2. The van der Waals surface area contributed by atoms with Gasteiger partial charge >= 0.3 is 5.97 Å². The third-order valence-corrected chi connectivity index (χ3v) is 4.48. The van der Waals surface area contributed by atoms with Crippen LogP contribution in [0.3, 0.4) is 0 Å². The van der Waals surface area contributed by atoms with Crippen molar-refractivity contribution in [1.82, 2.24) is 16.0 Å². The molecule has 0 aliphatic heterocycles. The maximum absolute atomic E-state index is 12.2. The number of aliphatic hydroxyl groups is 1. The van der Waals surface area contributed by atoms with Gasteiger partial charge in [0, 0.05) is 6.42 Å². The lowest BCUT2D eigenvalue weighted by Crippen LogP contribution is -2.57. The van der Waals surface area contributed by atoms with E-state index in [0.717, 1.165) is 0 Å². The van der Waals surface area contributed by atoms with Gasteiger partial charge in [-0.25, -0.2) is 4.79 Å². The van der Waals surface area contributed by atoms with Gasteiger partial charge in [-0.2, -0.15) is 11.8 Å². The molecule has 0 aliphatic rings. The van der Waals surface area contributed by atoms with E-state index in [4.69, 9.17) is 16.6 Å². The van der Waals surface area contributed by atoms with E-state index in [1.807, 2.05) is 0 Å². The fourth-order valence-corrected chi connectivity index (χ4v) is 2.54. The number of hydrogen-bond donors (Lipinski definition) is 7. The first-order chi connectivity index (χ1) is 13.5. The number of nitrogens with two attached hydrogens (primary N) is 2. The van der Waals surface area contributed by atoms with Crippen molar-refractivity contribution in [1.29, 1.82) is 0 Å². The molecule has 0 saturated carbocycles. The van der Waals surface area contributed by atoms with E-state index in [1.54, 1.807) is 6.26 Å². The Balaban J connectivity index is 4.75. The van der Waals surface area contributed by atoms with Gasteiger partial charge in [-0.1, -0.05) is 0 Å². The van der Waals surface area contributed by atoms with E-state index in [-0.39, 0.29) is 19.3 Å². The molecule has 0 aromatic carbocycles. The quantitative estimate of drug-likeness (QED) is 0.147. The second kappa shape index (κ2) is 13.7. The van der Waals surface area contributed by atoms with Crippen molar-refractivity contribution in [3.8, 4) is 0 Å². The van der Waals surface area contributed by atoms with Crippen molar-refractivity contribution in [3.05, 3.63) is 0 Å². The molecule has 0 spiro atoms. The fraction of sp³-hybridized carbons (Fsp3) is 0.688. The van der Waals surface area contributed by atoms with Crippen LogP contribution < -0.4 is 27.4 Å². The van der Waals surface area contributed by atoms with Crippen LogP contribution >= 0.6 is 11.8 Å². The summed E-state index contributed by atoms with van der Waals surface area (Å²) in [4.78, 5) is 58.2. The molecule has 0 fully saturated rings. The van der Waals surface area contributed by atoms with Crippen LogP contribution in [0.2, 0.25) is 0 Å². The molecule has 0 aliphatic carbocycles. The lowest BCUT2D eigenvalue weighted by atomic mass is 10.1. The summed E-state index contributed by atoms with van der Waals surface area (Å²) in [5.74, 6) is -3.71. The van der Waals surface area contributed by atoms with Crippen LogP contribution in [0.5, 0.6) is 0 Å². The Morgan fingerprint density at radius 1 is 0.966 bits per heavy atom. The minimum Gasteiger partial charge on any atom is -0.480 e. The topological polar surface area (TPSA) is 214 Å². The van der Waals surface area contributed by atoms with E-state index < -0.39 is 60.4 Å². The number of aliphatic hydroxyl groups excluding tert-OH is 1. The number of primary amides is 1. The highest BCUT2D eigenvalue weighted by molar-refractivity contribution is 7.98. The van der Waals surface area contributed by atoms with Crippen LogP contribution in [0.25, 0.3) is 0 Å².